The maximum Gasteiger partial charge on any atom is 0.0655 e. The average molecular weight is 250 g/mol. The molecule has 0 unspecified atom stereocenters. The van der Waals surface area contributed by atoms with Crippen LogP contribution in [0.3, 0.4) is 0 Å². The van der Waals surface area contributed by atoms with E-state index in [2.05, 4.69) is 53.9 Å². The van der Waals surface area contributed by atoms with Gasteiger partial charge in [0.25, 0.3) is 0 Å². The Morgan fingerprint density at radius 2 is 1.68 bits per heavy atom. The molecule has 1 aliphatic carbocycles. The summed E-state index contributed by atoms with van der Waals surface area (Å²) in [5.41, 5.74) is 1.19. The van der Waals surface area contributed by atoms with Crippen LogP contribution in [-0.4, -0.2) is 6.04 Å². The van der Waals surface area contributed by atoms with Gasteiger partial charge in [-0.3, -0.25) is 0 Å². The molecule has 0 bridgehead atoms. The molecule has 1 saturated carbocycles. The molecule has 2 heteroatoms. The number of anilines is 1. The zero-order valence-electron chi connectivity index (χ0n) is 11.0. The fourth-order valence-electron chi connectivity index (χ4n) is 2.88. The molecular formula is C17H18N2. The first-order chi connectivity index (χ1) is 9.35. The Morgan fingerprint density at radius 1 is 0.947 bits per heavy atom. The van der Waals surface area contributed by atoms with Gasteiger partial charge >= 0.3 is 0 Å². The molecule has 1 aliphatic rings. The van der Waals surface area contributed by atoms with E-state index >= 15 is 0 Å². The van der Waals surface area contributed by atoms with Gasteiger partial charge in [0.2, 0.25) is 0 Å². The molecule has 0 radical (unpaired) electrons. The van der Waals surface area contributed by atoms with Gasteiger partial charge in [-0.15, -0.1) is 0 Å². The van der Waals surface area contributed by atoms with Crippen LogP contribution < -0.4 is 5.32 Å². The summed E-state index contributed by atoms with van der Waals surface area (Å²) in [6.45, 7) is 0. The summed E-state index contributed by atoms with van der Waals surface area (Å²) >= 11 is 0. The summed E-state index contributed by atoms with van der Waals surface area (Å²) in [5.74, 6) is 0.273. The van der Waals surface area contributed by atoms with E-state index in [4.69, 9.17) is 5.26 Å². The van der Waals surface area contributed by atoms with Crippen molar-refractivity contribution < 1.29 is 0 Å². The highest BCUT2D eigenvalue weighted by Gasteiger charge is 2.20. The first-order valence-electron chi connectivity index (χ1n) is 7.00. The van der Waals surface area contributed by atoms with E-state index in [1.807, 2.05) is 0 Å². The van der Waals surface area contributed by atoms with E-state index in [0.717, 1.165) is 25.7 Å². The molecule has 0 atom stereocenters. The normalized spacial score (nSPS) is 22.9. The molecule has 2 nitrogen and oxygen atoms in total. The molecule has 3 rings (SSSR count). The maximum absolute atomic E-state index is 8.91. The van der Waals surface area contributed by atoms with Gasteiger partial charge in [-0.1, -0.05) is 30.3 Å². The van der Waals surface area contributed by atoms with Crippen LogP contribution in [-0.2, 0) is 0 Å². The van der Waals surface area contributed by atoms with Crippen molar-refractivity contribution in [1.29, 1.82) is 5.26 Å². The van der Waals surface area contributed by atoms with Gasteiger partial charge in [0.15, 0.2) is 0 Å². The Morgan fingerprint density at radius 3 is 2.42 bits per heavy atom. The third-order valence-electron chi connectivity index (χ3n) is 4.03. The number of nitrogens with zero attached hydrogens (tertiary/aromatic N) is 1. The molecule has 0 amide bonds. The standard InChI is InChI=1S/C17H18N2/c18-12-13-5-8-16(9-6-13)19-17-10-7-14-3-1-2-4-15(14)11-17/h1-4,7,10-11,13,16,19H,5-6,8-9H2. The first-order valence-corrected chi connectivity index (χ1v) is 7.00. The van der Waals surface area contributed by atoms with Crippen LogP contribution in [0.25, 0.3) is 10.8 Å². The largest absolute Gasteiger partial charge is 0.382 e. The Bertz CT molecular complexity index is 604. The minimum absolute atomic E-state index is 0.273. The average Bonchev–Trinajstić information content (AvgIpc) is 2.48. The molecule has 19 heavy (non-hydrogen) atoms. The Hall–Kier alpha value is -2.01. The summed E-state index contributed by atoms with van der Waals surface area (Å²) in [7, 11) is 0. The lowest BCUT2D eigenvalue weighted by Gasteiger charge is -2.26. The van der Waals surface area contributed by atoms with Gasteiger partial charge in [-0.05, 0) is 48.6 Å². The maximum atomic E-state index is 8.91. The molecule has 96 valence electrons. The van der Waals surface area contributed by atoms with Crippen LogP contribution in [0.4, 0.5) is 5.69 Å². The quantitative estimate of drug-likeness (QED) is 0.860. The summed E-state index contributed by atoms with van der Waals surface area (Å²) < 4.78 is 0. The van der Waals surface area contributed by atoms with Crippen molar-refractivity contribution in [2.24, 2.45) is 5.92 Å². The van der Waals surface area contributed by atoms with Gasteiger partial charge in [0.05, 0.1) is 6.07 Å². The number of benzene rings is 2. The number of nitrogens with one attached hydrogen (secondary N) is 1. The van der Waals surface area contributed by atoms with Crippen LogP contribution >= 0.6 is 0 Å². The molecule has 2 aromatic rings. The van der Waals surface area contributed by atoms with E-state index in [9.17, 15) is 0 Å². The van der Waals surface area contributed by atoms with E-state index in [-0.39, 0.29) is 5.92 Å². The second kappa shape index (κ2) is 5.32. The topological polar surface area (TPSA) is 35.8 Å². The fraction of sp³-hybridized carbons (Fsp3) is 0.353. The van der Waals surface area contributed by atoms with Crippen LogP contribution in [0.1, 0.15) is 25.7 Å². The van der Waals surface area contributed by atoms with Crippen LogP contribution in [0.15, 0.2) is 42.5 Å². The van der Waals surface area contributed by atoms with Crippen LogP contribution in [0.2, 0.25) is 0 Å². The Kier molecular flexibility index (Phi) is 3.37. The summed E-state index contributed by atoms with van der Waals surface area (Å²) in [5, 5.41) is 15.1. The molecule has 0 saturated heterocycles. The Balaban J connectivity index is 1.70. The second-order valence-corrected chi connectivity index (χ2v) is 5.38. The number of fused-ring (bicyclic) bond motifs is 1. The highest BCUT2D eigenvalue weighted by molar-refractivity contribution is 5.85. The molecule has 0 aliphatic heterocycles. The van der Waals surface area contributed by atoms with Crippen molar-refractivity contribution in [1.82, 2.24) is 0 Å². The molecule has 1 fully saturated rings. The monoisotopic (exact) mass is 250 g/mol. The fourth-order valence-corrected chi connectivity index (χ4v) is 2.88. The second-order valence-electron chi connectivity index (χ2n) is 5.38. The third-order valence-corrected chi connectivity index (χ3v) is 4.03. The van der Waals surface area contributed by atoms with Crippen LogP contribution in [0.5, 0.6) is 0 Å². The number of nitriles is 1. The van der Waals surface area contributed by atoms with E-state index in [1.165, 1.54) is 16.5 Å². The molecule has 0 aromatic heterocycles. The summed E-state index contributed by atoms with van der Waals surface area (Å²) in [6, 6.07) is 17.9. The van der Waals surface area contributed by atoms with E-state index in [0.29, 0.717) is 6.04 Å². The highest BCUT2D eigenvalue weighted by atomic mass is 14.9. The lowest BCUT2D eigenvalue weighted by atomic mass is 9.87. The highest BCUT2D eigenvalue weighted by Crippen LogP contribution is 2.27. The predicted molar refractivity (Wildman–Crippen MR) is 78.9 cm³/mol. The zero-order chi connectivity index (χ0) is 13.1. The van der Waals surface area contributed by atoms with Gasteiger partial charge in [-0.25, -0.2) is 0 Å². The van der Waals surface area contributed by atoms with E-state index in [1.54, 1.807) is 0 Å². The lowest BCUT2D eigenvalue weighted by molar-refractivity contribution is 0.397. The van der Waals surface area contributed by atoms with E-state index < -0.39 is 0 Å². The molecule has 0 spiro atoms. The van der Waals surface area contributed by atoms with Gasteiger partial charge in [0.1, 0.15) is 0 Å². The van der Waals surface area contributed by atoms with Crippen molar-refractivity contribution >= 4 is 16.5 Å². The smallest absolute Gasteiger partial charge is 0.0655 e. The van der Waals surface area contributed by atoms with Crippen molar-refractivity contribution in [3.8, 4) is 6.07 Å². The number of hydrogen-bond acceptors (Lipinski definition) is 2. The minimum Gasteiger partial charge on any atom is -0.382 e. The third kappa shape index (κ3) is 2.71. The SMILES string of the molecule is N#CC1CCC(Nc2ccc3ccccc3c2)CC1. The predicted octanol–water partition coefficient (Wildman–Crippen LogP) is 4.33. The zero-order valence-corrected chi connectivity index (χ0v) is 11.0. The molecular weight excluding hydrogens is 232 g/mol. The van der Waals surface area contributed by atoms with Gasteiger partial charge < -0.3 is 5.32 Å². The van der Waals surface area contributed by atoms with Gasteiger partial charge in [-0.2, -0.15) is 5.26 Å². The summed E-state index contributed by atoms with van der Waals surface area (Å²) in [4.78, 5) is 0. The lowest BCUT2D eigenvalue weighted by Crippen LogP contribution is -2.25. The van der Waals surface area contributed by atoms with Crippen molar-refractivity contribution in [3.63, 3.8) is 0 Å². The van der Waals surface area contributed by atoms with Gasteiger partial charge in [0, 0.05) is 17.6 Å². The van der Waals surface area contributed by atoms with Crippen molar-refractivity contribution in [3.05, 3.63) is 42.5 Å². The van der Waals surface area contributed by atoms with Crippen LogP contribution in [0, 0.1) is 17.2 Å². The number of rotatable bonds is 2. The van der Waals surface area contributed by atoms with Crippen molar-refractivity contribution in [2.45, 2.75) is 31.7 Å². The minimum atomic E-state index is 0.273. The summed E-state index contributed by atoms with van der Waals surface area (Å²) in [6.07, 6.45) is 4.26. The van der Waals surface area contributed by atoms with Crippen molar-refractivity contribution in [2.75, 3.05) is 5.32 Å². The first kappa shape index (κ1) is 12.0. The Labute approximate surface area is 114 Å². The molecule has 2 aromatic carbocycles. The molecule has 1 N–H and O–H groups in total. The number of hydrogen-bond donors (Lipinski definition) is 1. The molecule has 0 heterocycles.